The molecule has 1 amide bonds. The zero-order chi connectivity index (χ0) is 20.9. The second-order valence-electron chi connectivity index (χ2n) is 6.09. The number of carbonyl (C=O) groups is 1. The number of hydrogen-bond acceptors (Lipinski definition) is 4. The van der Waals surface area contributed by atoms with Gasteiger partial charge < -0.3 is 0 Å². The Morgan fingerprint density at radius 2 is 1.69 bits per heavy atom. The molecule has 3 rings (SSSR count). The summed E-state index contributed by atoms with van der Waals surface area (Å²) in [6, 6.07) is 21.4. The van der Waals surface area contributed by atoms with Crippen LogP contribution < -0.4 is 9.73 Å². The molecule has 0 aliphatic carbocycles. The number of anilines is 1. The molecule has 0 aliphatic heterocycles. The third kappa shape index (κ3) is 5.01. The minimum atomic E-state index is -3.68. The molecule has 0 radical (unpaired) electrons. The van der Waals surface area contributed by atoms with Crippen molar-refractivity contribution >= 4 is 39.4 Å². The van der Waals surface area contributed by atoms with Crippen LogP contribution in [0.1, 0.15) is 15.9 Å². The van der Waals surface area contributed by atoms with E-state index in [1.54, 1.807) is 54.6 Å². The third-order valence-corrected chi connectivity index (χ3v) is 6.16. The fraction of sp³-hybridized carbons (Fsp3) is 0.0476. The average molecular weight is 428 g/mol. The Kier molecular flexibility index (Phi) is 6.31. The van der Waals surface area contributed by atoms with E-state index in [9.17, 15) is 13.2 Å². The first-order valence-corrected chi connectivity index (χ1v) is 10.4. The number of sulfonamides is 1. The summed E-state index contributed by atoms with van der Waals surface area (Å²) in [4.78, 5) is 12.4. The second-order valence-corrected chi connectivity index (χ2v) is 8.49. The fourth-order valence-corrected chi connectivity index (χ4v) is 3.94. The van der Waals surface area contributed by atoms with E-state index in [1.165, 1.54) is 41.8 Å². The maximum atomic E-state index is 12.7. The number of nitrogens with zero attached hydrogens (tertiary/aromatic N) is 2. The minimum Gasteiger partial charge on any atom is -0.269 e. The first-order valence-electron chi connectivity index (χ1n) is 8.61. The molecule has 0 saturated heterocycles. The van der Waals surface area contributed by atoms with Crippen LogP contribution in [0.25, 0.3) is 0 Å². The minimum absolute atomic E-state index is 0.194. The Bertz CT molecular complexity index is 1130. The van der Waals surface area contributed by atoms with Gasteiger partial charge in [-0.1, -0.05) is 41.9 Å². The highest BCUT2D eigenvalue weighted by Crippen LogP contribution is 2.22. The number of halogens is 1. The van der Waals surface area contributed by atoms with E-state index in [-0.39, 0.29) is 4.90 Å². The van der Waals surface area contributed by atoms with Crippen molar-refractivity contribution in [2.45, 2.75) is 4.90 Å². The summed E-state index contributed by atoms with van der Waals surface area (Å²) in [6.07, 6.45) is 1.48. The van der Waals surface area contributed by atoms with Crippen molar-refractivity contribution in [1.29, 1.82) is 0 Å². The standard InChI is InChI=1S/C21H18ClN3O3S/c1-25(29(27,28)20-8-3-2-4-9-20)19-12-10-17(11-13-19)21(26)24-23-15-16-6-5-7-18(22)14-16/h2-15H,1H3,(H,24,26)/b23-15-. The summed E-state index contributed by atoms with van der Waals surface area (Å²) in [6.45, 7) is 0. The van der Waals surface area contributed by atoms with Gasteiger partial charge in [-0.15, -0.1) is 0 Å². The lowest BCUT2D eigenvalue weighted by atomic mass is 10.2. The number of hydrogen-bond donors (Lipinski definition) is 1. The van der Waals surface area contributed by atoms with Crippen LogP contribution in [0, 0.1) is 0 Å². The van der Waals surface area contributed by atoms with Crippen LogP contribution in [0.2, 0.25) is 5.02 Å². The normalized spacial score (nSPS) is 11.4. The molecule has 8 heteroatoms. The predicted molar refractivity (Wildman–Crippen MR) is 115 cm³/mol. The van der Waals surface area contributed by atoms with Gasteiger partial charge in [0.05, 0.1) is 16.8 Å². The third-order valence-electron chi connectivity index (χ3n) is 4.12. The Morgan fingerprint density at radius 1 is 1.00 bits per heavy atom. The Hall–Kier alpha value is -3.16. The Labute approximate surface area is 174 Å². The maximum absolute atomic E-state index is 12.7. The molecule has 0 saturated carbocycles. The molecule has 0 heterocycles. The second kappa shape index (κ2) is 8.89. The monoisotopic (exact) mass is 427 g/mol. The van der Waals surface area contributed by atoms with Gasteiger partial charge in [-0.3, -0.25) is 9.10 Å². The van der Waals surface area contributed by atoms with E-state index < -0.39 is 15.9 Å². The van der Waals surface area contributed by atoms with Crippen LogP contribution in [0.4, 0.5) is 5.69 Å². The van der Waals surface area contributed by atoms with E-state index in [1.807, 2.05) is 0 Å². The quantitative estimate of drug-likeness (QED) is 0.478. The molecule has 0 unspecified atom stereocenters. The lowest BCUT2D eigenvalue weighted by Gasteiger charge is -2.19. The molecule has 3 aromatic rings. The summed E-state index contributed by atoms with van der Waals surface area (Å²) in [5, 5.41) is 4.48. The number of carbonyl (C=O) groups excluding carboxylic acids is 1. The zero-order valence-corrected chi connectivity index (χ0v) is 17.1. The molecular formula is C21H18ClN3O3S. The van der Waals surface area contributed by atoms with Crippen LogP contribution in [0.15, 0.2) is 88.9 Å². The van der Waals surface area contributed by atoms with Gasteiger partial charge in [-0.2, -0.15) is 5.10 Å². The highest BCUT2D eigenvalue weighted by Gasteiger charge is 2.21. The van der Waals surface area contributed by atoms with Gasteiger partial charge in [0.2, 0.25) is 0 Å². The van der Waals surface area contributed by atoms with Crippen molar-refractivity contribution in [1.82, 2.24) is 5.43 Å². The number of amides is 1. The molecule has 0 aliphatic rings. The molecule has 6 nitrogen and oxygen atoms in total. The van der Waals surface area contributed by atoms with Crippen LogP contribution in [0.3, 0.4) is 0 Å². The topological polar surface area (TPSA) is 78.8 Å². The van der Waals surface area contributed by atoms with E-state index in [0.717, 1.165) is 5.56 Å². The molecule has 0 atom stereocenters. The first kappa shape index (κ1) is 20.6. The van der Waals surface area contributed by atoms with Gasteiger partial charge in [0.1, 0.15) is 0 Å². The van der Waals surface area contributed by atoms with Crippen molar-refractivity contribution in [2.75, 3.05) is 11.4 Å². The Morgan fingerprint density at radius 3 is 2.34 bits per heavy atom. The Balaban J connectivity index is 1.68. The predicted octanol–water partition coefficient (Wildman–Crippen LogP) is 3.93. The molecule has 1 N–H and O–H groups in total. The molecule has 3 aromatic carbocycles. The number of hydrazone groups is 1. The smallest absolute Gasteiger partial charge is 0.269 e. The molecule has 0 bridgehead atoms. The van der Waals surface area contributed by atoms with Gasteiger partial charge in [0, 0.05) is 17.6 Å². The number of rotatable bonds is 6. The highest BCUT2D eigenvalue weighted by atomic mass is 35.5. The molecule has 29 heavy (non-hydrogen) atoms. The lowest BCUT2D eigenvalue weighted by molar-refractivity contribution is 0.0955. The van der Waals surface area contributed by atoms with Crippen molar-refractivity contribution < 1.29 is 13.2 Å². The van der Waals surface area contributed by atoms with E-state index >= 15 is 0 Å². The van der Waals surface area contributed by atoms with Gasteiger partial charge in [-0.05, 0) is 54.1 Å². The van der Waals surface area contributed by atoms with Crippen molar-refractivity contribution in [3.8, 4) is 0 Å². The molecule has 0 aromatic heterocycles. The summed E-state index contributed by atoms with van der Waals surface area (Å²) in [5.41, 5.74) is 3.97. The average Bonchev–Trinajstić information content (AvgIpc) is 2.74. The van der Waals surface area contributed by atoms with Gasteiger partial charge >= 0.3 is 0 Å². The lowest BCUT2D eigenvalue weighted by Crippen LogP contribution is -2.26. The summed E-state index contributed by atoms with van der Waals surface area (Å²) in [5.74, 6) is -0.414. The van der Waals surface area contributed by atoms with Crippen LogP contribution in [-0.4, -0.2) is 27.6 Å². The summed E-state index contributed by atoms with van der Waals surface area (Å²) >= 11 is 5.90. The zero-order valence-electron chi connectivity index (χ0n) is 15.5. The molecular weight excluding hydrogens is 410 g/mol. The molecule has 0 spiro atoms. The fourth-order valence-electron chi connectivity index (χ4n) is 2.53. The number of benzene rings is 3. The van der Waals surface area contributed by atoms with Crippen molar-refractivity contribution in [3.63, 3.8) is 0 Å². The van der Waals surface area contributed by atoms with Crippen LogP contribution in [0.5, 0.6) is 0 Å². The van der Waals surface area contributed by atoms with E-state index in [2.05, 4.69) is 10.5 Å². The largest absolute Gasteiger partial charge is 0.271 e. The van der Waals surface area contributed by atoms with Gasteiger partial charge in [0.25, 0.3) is 15.9 Å². The van der Waals surface area contributed by atoms with Gasteiger partial charge in [-0.25, -0.2) is 13.8 Å². The highest BCUT2D eigenvalue weighted by molar-refractivity contribution is 7.92. The SMILES string of the molecule is CN(c1ccc(C(=O)N/N=C\c2cccc(Cl)c2)cc1)S(=O)(=O)c1ccccc1. The molecule has 0 fully saturated rings. The first-order chi connectivity index (χ1) is 13.9. The van der Waals surface area contributed by atoms with Gasteiger partial charge in [0.15, 0.2) is 0 Å². The van der Waals surface area contributed by atoms with Crippen LogP contribution >= 0.6 is 11.6 Å². The molecule has 148 valence electrons. The van der Waals surface area contributed by atoms with Crippen LogP contribution in [-0.2, 0) is 10.0 Å². The van der Waals surface area contributed by atoms with E-state index in [0.29, 0.717) is 16.3 Å². The van der Waals surface area contributed by atoms with Crippen molar-refractivity contribution in [3.05, 3.63) is 95.0 Å². The van der Waals surface area contributed by atoms with Crippen molar-refractivity contribution in [2.24, 2.45) is 5.10 Å². The number of nitrogens with one attached hydrogen (secondary N) is 1. The van der Waals surface area contributed by atoms with E-state index in [4.69, 9.17) is 11.6 Å². The summed E-state index contributed by atoms with van der Waals surface area (Å²) in [7, 11) is -2.21. The summed E-state index contributed by atoms with van der Waals surface area (Å²) < 4.78 is 26.5. The maximum Gasteiger partial charge on any atom is 0.271 e.